The first kappa shape index (κ1) is 10.5. The van der Waals surface area contributed by atoms with Crippen LogP contribution in [0.5, 0.6) is 0 Å². The smallest absolute Gasteiger partial charge is 0.239 e. The van der Waals surface area contributed by atoms with E-state index in [-0.39, 0.29) is 5.91 Å². The number of anilines is 1. The zero-order chi connectivity index (χ0) is 11.8. The minimum atomic E-state index is 0.0761. The highest BCUT2D eigenvalue weighted by Crippen LogP contribution is 2.30. The molecule has 1 aromatic carbocycles. The molecule has 1 aliphatic rings. The van der Waals surface area contributed by atoms with Crippen LogP contribution in [0, 0.1) is 6.92 Å². The summed E-state index contributed by atoms with van der Waals surface area (Å²) in [6.07, 6.45) is 0. The van der Waals surface area contributed by atoms with E-state index in [1.807, 2.05) is 11.0 Å². The molecule has 0 radical (unpaired) electrons. The van der Waals surface area contributed by atoms with Crippen molar-refractivity contribution in [3.05, 3.63) is 23.8 Å². The summed E-state index contributed by atoms with van der Waals surface area (Å²) in [6.45, 7) is 4.02. The summed E-state index contributed by atoms with van der Waals surface area (Å²) >= 11 is 1.65. The molecule has 1 aliphatic heterocycles. The van der Waals surface area contributed by atoms with Crippen molar-refractivity contribution >= 4 is 32.6 Å². The molecule has 1 N–H and O–H groups in total. The van der Waals surface area contributed by atoms with Crippen LogP contribution in [-0.2, 0) is 4.79 Å². The van der Waals surface area contributed by atoms with E-state index >= 15 is 0 Å². The average molecular weight is 247 g/mol. The van der Waals surface area contributed by atoms with Gasteiger partial charge in [-0.2, -0.15) is 0 Å². The van der Waals surface area contributed by atoms with Gasteiger partial charge in [0.2, 0.25) is 5.91 Å². The zero-order valence-corrected chi connectivity index (χ0v) is 10.4. The second-order valence-corrected chi connectivity index (χ2v) is 5.20. The minimum Gasteiger partial charge on any atom is -0.353 e. The van der Waals surface area contributed by atoms with E-state index in [0.717, 1.165) is 17.2 Å². The summed E-state index contributed by atoms with van der Waals surface area (Å²) in [4.78, 5) is 18.0. The van der Waals surface area contributed by atoms with Crippen LogP contribution in [0.25, 0.3) is 10.2 Å². The summed E-state index contributed by atoms with van der Waals surface area (Å²) in [6, 6.07) is 6.19. The van der Waals surface area contributed by atoms with Gasteiger partial charge in [0.05, 0.1) is 16.8 Å². The first-order chi connectivity index (χ1) is 8.24. The highest BCUT2D eigenvalue weighted by atomic mass is 32.1. The maximum Gasteiger partial charge on any atom is 0.239 e. The van der Waals surface area contributed by atoms with Gasteiger partial charge in [-0.25, -0.2) is 4.98 Å². The molecule has 0 atom stereocenters. The van der Waals surface area contributed by atoms with E-state index in [2.05, 4.69) is 29.4 Å². The molecule has 1 amide bonds. The number of rotatable bonds is 1. The summed E-state index contributed by atoms with van der Waals surface area (Å²) in [5.41, 5.74) is 2.24. The number of thiazole rings is 1. The number of hydrogen-bond donors (Lipinski definition) is 1. The molecule has 1 saturated heterocycles. The molecule has 1 aromatic heterocycles. The zero-order valence-electron chi connectivity index (χ0n) is 9.56. The first-order valence-corrected chi connectivity index (χ1v) is 6.43. The second kappa shape index (κ2) is 4.00. The molecular weight excluding hydrogens is 234 g/mol. The lowest BCUT2D eigenvalue weighted by Gasteiger charge is -2.25. The number of fused-ring (bicyclic) bond motifs is 1. The van der Waals surface area contributed by atoms with Crippen LogP contribution >= 0.6 is 11.3 Å². The third-order valence-electron chi connectivity index (χ3n) is 2.92. The second-order valence-electron chi connectivity index (χ2n) is 4.19. The Morgan fingerprint density at radius 2 is 2.35 bits per heavy atom. The molecule has 0 unspecified atom stereocenters. The molecule has 2 heterocycles. The minimum absolute atomic E-state index is 0.0761. The number of para-hydroxylation sites is 1. The van der Waals surface area contributed by atoms with E-state index in [1.54, 1.807) is 11.3 Å². The third-order valence-corrected chi connectivity index (χ3v) is 4.00. The maximum atomic E-state index is 11.4. The molecule has 5 heteroatoms. The summed E-state index contributed by atoms with van der Waals surface area (Å²) < 4.78 is 1.19. The lowest BCUT2D eigenvalue weighted by atomic mass is 10.2. The predicted molar refractivity (Wildman–Crippen MR) is 69.6 cm³/mol. The van der Waals surface area contributed by atoms with Crippen molar-refractivity contribution in [2.24, 2.45) is 0 Å². The van der Waals surface area contributed by atoms with Crippen molar-refractivity contribution in [3.63, 3.8) is 0 Å². The quantitative estimate of drug-likeness (QED) is 0.831. The lowest BCUT2D eigenvalue weighted by Crippen LogP contribution is -2.47. The van der Waals surface area contributed by atoms with Gasteiger partial charge in [0.25, 0.3) is 0 Å². The standard InChI is InChI=1S/C12H13N3OS/c1-8-3-2-4-9-11(8)14-12(17-9)15-6-5-13-10(16)7-15/h2-4H,5-7H2,1H3,(H,13,16). The molecule has 1 fully saturated rings. The van der Waals surface area contributed by atoms with E-state index in [9.17, 15) is 4.79 Å². The van der Waals surface area contributed by atoms with Crippen LogP contribution in [0.15, 0.2) is 18.2 Å². The molecule has 0 aliphatic carbocycles. The third kappa shape index (κ3) is 1.86. The molecule has 88 valence electrons. The Labute approximate surface area is 103 Å². The molecule has 0 saturated carbocycles. The van der Waals surface area contributed by atoms with Gasteiger partial charge in [0.15, 0.2) is 5.13 Å². The highest BCUT2D eigenvalue weighted by molar-refractivity contribution is 7.22. The molecule has 2 aromatic rings. The Balaban J connectivity index is 2.00. The van der Waals surface area contributed by atoms with Gasteiger partial charge >= 0.3 is 0 Å². The molecular formula is C12H13N3OS. The Bertz CT molecular complexity index is 578. The molecule has 0 bridgehead atoms. The number of amides is 1. The SMILES string of the molecule is Cc1cccc2sc(N3CCNC(=O)C3)nc12. The number of carbonyl (C=O) groups excluding carboxylic acids is 1. The van der Waals surface area contributed by atoms with Crippen molar-refractivity contribution in [2.45, 2.75) is 6.92 Å². The molecule has 3 rings (SSSR count). The van der Waals surface area contributed by atoms with Crippen LogP contribution in [-0.4, -0.2) is 30.5 Å². The van der Waals surface area contributed by atoms with Gasteiger partial charge < -0.3 is 10.2 Å². The van der Waals surface area contributed by atoms with Gasteiger partial charge in [-0.05, 0) is 18.6 Å². The highest BCUT2D eigenvalue weighted by Gasteiger charge is 2.19. The number of piperazine rings is 1. The van der Waals surface area contributed by atoms with Crippen molar-refractivity contribution in [2.75, 3.05) is 24.5 Å². The number of nitrogens with one attached hydrogen (secondary N) is 1. The fourth-order valence-corrected chi connectivity index (χ4v) is 3.08. The van der Waals surface area contributed by atoms with Gasteiger partial charge in [0.1, 0.15) is 0 Å². The first-order valence-electron chi connectivity index (χ1n) is 5.62. The summed E-state index contributed by atoms with van der Waals surface area (Å²) in [5.74, 6) is 0.0761. The van der Waals surface area contributed by atoms with Crippen LogP contribution in [0.2, 0.25) is 0 Å². The van der Waals surface area contributed by atoms with Crippen molar-refractivity contribution in [1.29, 1.82) is 0 Å². The van der Waals surface area contributed by atoms with E-state index in [0.29, 0.717) is 13.1 Å². The topological polar surface area (TPSA) is 45.2 Å². The van der Waals surface area contributed by atoms with E-state index in [4.69, 9.17) is 0 Å². The van der Waals surface area contributed by atoms with Gasteiger partial charge in [-0.1, -0.05) is 23.5 Å². The monoisotopic (exact) mass is 247 g/mol. The van der Waals surface area contributed by atoms with Crippen LogP contribution < -0.4 is 10.2 Å². The number of aromatic nitrogens is 1. The van der Waals surface area contributed by atoms with Gasteiger partial charge in [0, 0.05) is 13.1 Å². The van der Waals surface area contributed by atoms with Gasteiger partial charge in [-0.15, -0.1) is 0 Å². The molecule has 4 nitrogen and oxygen atoms in total. The number of aryl methyl sites for hydroxylation is 1. The van der Waals surface area contributed by atoms with E-state index < -0.39 is 0 Å². The molecule has 0 spiro atoms. The largest absolute Gasteiger partial charge is 0.353 e. The van der Waals surface area contributed by atoms with Crippen LogP contribution in [0.3, 0.4) is 0 Å². The van der Waals surface area contributed by atoms with Gasteiger partial charge in [-0.3, -0.25) is 4.79 Å². The number of carbonyl (C=O) groups is 1. The lowest BCUT2D eigenvalue weighted by molar-refractivity contribution is -0.120. The van der Waals surface area contributed by atoms with Crippen molar-refractivity contribution in [3.8, 4) is 0 Å². The normalized spacial score (nSPS) is 16.3. The number of hydrogen-bond acceptors (Lipinski definition) is 4. The molecule has 17 heavy (non-hydrogen) atoms. The van der Waals surface area contributed by atoms with Crippen LogP contribution in [0.4, 0.5) is 5.13 Å². The van der Waals surface area contributed by atoms with Crippen LogP contribution in [0.1, 0.15) is 5.56 Å². The average Bonchev–Trinajstić information content (AvgIpc) is 2.74. The maximum absolute atomic E-state index is 11.4. The Hall–Kier alpha value is -1.62. The van der Waals surface area contributed by atoms with E-state index in [1.165, 1.54) is 10.3 Å². The number of benzene rings is 1. The Morgan fingerprint density at radius 3 is 3.12 bits per heavy atom. The summed E-state index contributed by atoms with van der Waals surface area (Å²) in [7, 11) is 0. The fraction of sp³-hybridized carbons (Fsp3) is 0.333. The summed E-state index contributed by atoms with van der Waals surface area (Å²) in [5, 5.41) is 3.77. The van der Waals surface area contributed by atoms with Crippen molar-refractivity contribution in [1.82, 2.24) is 10.3 Å². The predicted octanol–water partition coefficient (Wildman–Crippen LogP) is 1.54. The number of nitrogens with zero attached hydrogens (tertiary/aromatic N) is 2. The van der Waals surface area contributed by atoms with Crippen molar-refractivity contribution < 1.29 is 4.79 Å². The Morgan fingerprint density at radius 1 is 1.47 bits per heavy atom. The fourth-order valence-electron chi connectivity index (χ4n) is 2.01. The Kier molecular flexibility index (Phi) is 2.48.